The molecule has 0 aliphatic carbocycles. The van der Waals surface area contributed by atoms with Crippen molar-refractivity contribution in [3.05, 3.63) is 57.8 Å². The van der Waals surface area contributed by atoms with Crippen LogP contribution < -0.4 is 14.8 Å². The second-order valence-corrected chi connectivity index (χ2v) is 7.77. The summed E-state index contributed by atoms with van der Waals surface area (Å²) in [5.74, 6) is 0.359. The lowest BCUT2D eigenvalue weighted by Crippen LogP contribution is -2.33. The normalized spacial score (nSPS) is 19.3. The number of aliphatic carboxylic acids is 1. The maximum Gasteiger partial charge on any atom is 0.321 e. The van der Waals surface area contributed by atoms with Gasteiger partial charge in [0.25, 0.3) is 0 Å². The van der Waals surface area contributed by atoms with E-state index in [-0.39, 0.29) is 17.8 Å². The third-order valence-corrected chi connectivity index (χ3v) is 5.63. The molecule has 2 atom stereocenters. The predicted molar refractivity (Wildman–Crippen MR) is 101 cm³/mol. The molecule has 1 heterocycles. The molecule has 2 N–H and O–H groups in total. The van der Waals surface area contributed by atoms with Gasteiger partial charge in [0.15, 0.2) is 11.5 Å². The maximum absolute atomic E-state index is 13.1. The number of rotatable bonds is 6. The fraction of sp³-hybridized carbons (Fsp3) is 0.278. The van der Waals surface area contributed by atoms with Crippen molar-refractivity contribution in [3.8, 4) is 11.5 Å². The van der Waals surface area contributed by atoms with Crippen LogP contribution in [0.5, 0.6) is 11.5 Å². The summed E-state index contributed by atoms with van der Waals surface area (Å²) in [7, 11) is 1.55. The van der Waals surface area contributed by atoms with Crippen molar-refractivity contribution in [3.63, 3.8) is 0 Å². The van der Waals surface area contributed by atoms with Crippen LogP contribution >= 0.6 is 27.7 Å². The number of hydrogen-bond donors (Lipinski definition) is 2. The summed E-state index contributed by atoms with van der Waals surface area (Å²) < 4.78 is 25.3. The van der Waals surface area contributed by atoms with Crippen LogP contribution in [0.2, 0.25) is 0 Å². The average molecular weight is 442 g/mol. The molecular formula is C18H17BrFNO4S. The van der Waals surface area contributed by atoms with E-state index < -0.39 is 12.0 Å². The number of ether oxygens (including phenoxy) is 2. The van der Waals surface area contributed by atoms with Crippen LogP contribution in [0.3, 0.4) is 0 Å². The highest BCUT2D eigenvalue weighted by molar-refractivity contribution is 9.10. The highest BCUT2D eigenvalue weighted by Gasteiger charge is 2.33. The van der Waals surface area contributed by atoms with E-state index in [4.69, 9.17) is 9.47 Å². The lowest BCUT2D eigenvalue weighted by Gasteiger charge is -2.20. The molecule has 2 aromatic carbocycles. The van der Waals surface area contributed by atoms with Crippen LogP contribution in [0.4, 0.5) is 4.39 Å². The second-order valence-electron chi connectivity index (χ2n) is 5.71. The van der Waals surface area contributed by atoms with Crippen molar-refractivity contribution < 1.29 is 23.8 Å². The number of benzene rings is 2. The third kappa shape index (κ3) is 4.31. The lowest BCUT2D eigenvalue weighted by atomic mass is 10.1. The van der Waals surface area contributed by atoms with Gasteiger partial charge in [0.1, 0.15) is 18.5 Å². The molecule has 0 aromatic heterocycles. The minimum Gasteiger partial charge on any atom is -0.493 e. The zero-order valence-electron chi connectivity index (χ0n) is 13.9. The Morgan fingerprint density at radius 1 is 1.38 bits per heavy atom. The van der Waals surface area contributed by atoms with Crippen LogP contribution in [0.1, 0.15) is 16.5 Å². The van der Waals surface area contributed by atoms with Gasteiger partial charge in [-0.3, -0.25) is 10.1 Å². The van der Waals surface area contributed by atoms with E-state index in [2.05, 4.69) is 21.2 Å². The van der Waals surface area contributed by atoms with E-state index in [9.17, 15) is 14.3 Å². The first kappa shape index (κ1) is 19.0. The van der Waals surface area contributed by atoms with Gasteiger partial charge in [-0.1, -0.05) is 28.1 Å². The first-order chi connectivity index (χ1) is 12.5. The molecule has 0 bridgehead atoms. The fourth-order valence-corrected chi connectivity index (χ4v) is 4.31. The summed E-state index contributed by atoms with van der Waals surface area (Å²) in [4.78, 5) is 11.2. The molecular weight excluding hydrogens is 425 g/mol. The van der Waals surface area contributed by atoms with Crippen molar-refractivity contribution in [2.75, 3.05) is 12.9 Å². The van der Waals surface area contributed by atoms with Crippen LogP contribution in [0.25, 0.3) is 0 Å². The Kier molecular flexibility index (Phi) is 6.05. The Morgan fingerprint density at radius 2 is 2.12 bits per heavy atom. The van der Waals surface area contributed by atoms with Gasteiger partial charge in [0.05, 0.1) is 12.5 Å². The van der Waals surface area contributed by atoms with E-state index in [1.165, 1.54) is 23.9 Å². The fourth-order valence-electron chi connectivity index (χ4n) is 2.62. The molecule has 0 saturated carbocycles. The molecule has 8 heteroatoms. The summed E-state index contributed by atoms with van der Waals surface area (Å²) in [6.45, 7) is 0.241. The Hall–Kier alpha value is -1.77. The van der Waals surface area contributed by atoms with Gasteiger partial charge in [-0.2, -0.15) is 0 Å². The van der Waals surface area contributed by atoms with E-state index in [1.54, 1.807) is 25.3 Å². The molecule has 0 spiro atoms. The monoisotopic (exact) mass is 441 g/mol. The molecule has 1 aliphatic rings. The SMILES string of the molecule is COc1cc(Br)cc(C2NC(C(=O)O)CS2)c1OCc1ccc(F)cc1. The minimum atomic E-state index is -0.879. The van der Waals surface area contributed by atoms with Crippen LogP contribution in [0.15, 0.2) is 40.9 Å². The number of methoxy groups -OCH3 is 1. The Labute approximate surface area is 163 Å². The van der Waals surface area contributed by atoms with E-state index in [1.807, 2.05) is 6.07 Å². The lowest BCUT2D eigenvalue weighted by molar-refractivity contribution is -0.138. The topological polar surface area (TPSA) is 67.8 Å². The number of carboxylic acids is 1. The standard InChI is InChI=1S/C18H17BrFNO4S/c1-24-15-7-11(19)6-13(17-21-14(9-26-17)18(22)23)16(15)25-8-10-2-4-12(20)5-3-10/h2-7,14,17,21H,8-9H2,1H3,(H,22,23). The average Bonchev–Trinajstić information content (AvgIpc) is 3.11. The zero-order chi connectivity index (χ0) is 18.7. The number of carboxylic acid groups (broad SMARTS) is 1. The molecule has 3 rings (SSSR count). The smallest absolute Gasteiger partial charge is 0.321 e. The summed E-state index contributed by atoms with van der Waals surface area (Å²) in [5, 5.41) is 12.1. The molecule has 1 saturated heterocycles. The van der Waals surface area contributed by atoms with Gasteiger partial charge in [0.2, 0.25) is 0 Å². The first-order valence-electron chi connectivity index (χ1n) is 7.83. The van der Waals surface area contributed by atoms with Crippen molar-refractivity contribution >= 4 is 33.7 Å². The molecule has 1 fully saturated rings. The number of thioether (sulfide) groups is 1. The molecule has 0 radical (unpaired) electrons. The van der Waals surface area contributed by atoms with Crippen molar-refractivity contribution in [2.45, 2.75) is 18.0 Å². The first-order valence-corrected chi connectivity index (χ1v) is 9.67. The van der Waals surface area contributed by atoms with Gasteiger partial charge in [-0.15, -0.1) is 11.8 Å². The summed E-state index contributed by atoms with van der Waals surface area (Å²) in [6.07, 6.45) is 0. The molecule has 26 heavy (non-hydrogen) atoms. The molecule has 0 amide bonds. The van der Waals surface area contributed by atoms with Crippen LogP contribution in [-0.4, -0.2) is 30.0 Å². The summed E-state index contributed by atoms with van der Waals surface area (Å²) in [6, 6.07) is 9.14. The molecule has 138 valence electrons. The van der Waals surface area contributed by atoms with Gasteiger partial charge < -0.3 is 14.6 Å². The van der Waals surface area contributed by atoms with Gasteiger partial charge >= 0.3 is 5.97 Å². The van der Waals surface area contributed by atoms with Gasteiger partial charge in [0, 0.05) is 15.8 Å². The van der Waals surface area contributed by atoms with Gasteiger partial charge in [-0.05, 0) is 29.8 Å². The minimum absolute atomic E-state index is 0.231. The predicted octanol–water partition coefficient (Wildman–Crippen LogP) is 3.96. The second kappa shape index (κ2) is 8.28. The number of carbonyl (C=O) groups is 1. The van der Waals surface area contributed by atoms with Gasteiger partial charge in [-0.25, -0.2) is 4.39 Å². The van der Waals surface area contributed by atoms with E-state index >= 15 is 0 Å². The van der Waals surface area contributed by atoms with Crippen molar-refractivity contribution in [1.82, 2.24) is 5.32 Å². The summed E-state index contributed by atoms with van der Waals surface area (Å²) in [5.41, 5.74) is 1.62. The maximum atomic E-state index is 13.1. The number of hydrogen-bond acceptors (Lipinski definition) is 5. The van der Waals surface area contributed by atoms with Crippen molar-refractivity contribution in [1.29, 1.82) is 0 Å². The van der Waals surface area contributed by atoms with E-state index in [0.717, 1.165) is 15.6 Å². The Morgan fingerprint density at radius 3 is 2.73 bits per heavy atom. The summed E-state index contributed by atoms with van der Waals surface area (Å²) >= 11 is 4.95. The molecule has 1 aliphatic heterocycles. The third-order valence-electron chi connectivity index (χ3n) is 3.93. The Balaban J connectivity index is 1.87. The number of halogens is 2. The Bertz CT molecular complexity index is 803. The zero-order valence-corrected chi connectivity index (χ0v) is 16.3. The largest absolute Gasteiger partial charge is 0.493 e. The van der Waals surface area contributed by atoms with E-state index in [0.29, 0.717) is 17.3 Å². The van der Waals surface area contributed by atoms with Crippen LogP contribution in [0, 0.1) is 5.82 Å². The molecule has 2 aromatic rings. The van der Waals surface area contributed by atoms with Crippen LogP contribution in [-0.2, 0) is 11.4 Å². The quantitative estimate of drug-likeness (QED) is 0.706. The number of nitrogens with one attached hydrogen (secondary N) is 1. The highest BCUT2D eigenvalue weighted by Crippen LogP contribution is 2.44. The van der Waals surface area contributed by atoms with Crippen molar-refractivity contribution in [2.24, 2.45) is 0 Å². The molecule has 5 nitrogen and oxygen atoms in total. The molecule has 2 unspecified atom stereocenters. The highest BCUT2D eigenvalue weighted by atomic mass is 79.9.